The predicted molar refractivity (Wildman–Crippen MR) is 66.6 cm³/mol. The molecule has 0 fully saturated rings. The van der Waals surface area contributed by atoms with Crippen LogP contribution in [0.3, 0.4) is 0 Å². The first-order valence-electron chi connectivity index (χ1n) is 5.71. The highest BCUT2D eigenvalue weighted by molar-refractivity contribution is 6.30. The van der Waals surface area contributed by atoms with Crippen LogP contribution in [-0.2, 0) is 13.5 Å². The fraction of sp³-hybridized carbons (Fsp3) is 0.583. The van der Waals surface area contributed by atoms with Gasteiger partial charge in [0.25, 0.3) is 0 Å². The predicted octanol–water partition coefficient (Wildman–Crippen LogP) is 2.36. The zero-order chi connectivity index (χ0) is 11.7. The smallest absolute Gasteiger partial charge is 0.130 e. The Hall–Kier alpha value is -0.800. The van der Waals surface area contributed by atoms with E-state index >= 15 is 0 Å². The summed E-state index contributed by atoms with van der Waals surface area (Å²) in [5.74, 6) is 0. The van der Waals surface area contributed by atoms with Gasteiger partial charge in [-0.2, -0.15) is 5.10 Å². The summed E-state index contributed by atoms with van der Waals surface area (Å²) < 4.78 is 1.73. The van der Waals surface area contributed by atoms with Crippen molar-refractivity contribution in [3.05, 3.63) is 28.1 Å². The van der Waals surface area contributed by atoms with Gasteiger partial charge in [-0.15, -0.1) is 0 Å². The van der Waals surface area contributed by atoms with Gasteiger partial charge in [0.1, 0.15) is 5.15 Å². The van der Waals surface area contributed by atoms with E-state index in [1.165, 1.54) is 12.0 Å². The number of nitrogens with zero attached hydrogens (tertiary/aromatic N) is 2. The van der Waals surface area contributed by atoms with Crippen LogP contribution in [0.25, 0.3) is 0 Å². The van der Waals surface area contributed by atoms with E-state index in [1.807, 2.05) is 14.0 Å². The number of aromatic nitrogens is 2. The molecule has 1 aliphatic carbocycles. The van der Waals surface area contributed by atoms with Gasteiger partial charge in [0.2, 0.25) is 0 Å². The van der Waals surface area contributed by atoms with Crippen molar-refractivity contribution in [2.75, 3.05) is 0 Å². The third kappa shape index (κ3) is 2.30. The molecular weight excluding hydrogens is 222 g/mol. The molecule has 2 N–H and O–H groups in total. The second-order valence-electron chi connectivity index (χ2n) is 4.54. The SMILES string of the molecule is Cc1nn(C)c(Cl)c1CC1=CC(N)CCC1. The third-order valence-corrected chi connectivity index (χ3v) is 3.63. The summed E-state index contributed by atoms with van der Waals surface area (Å²) in [6, 6.07) is 0.222. The first kappa shape index (κ1) is 11.7. The molecule has 1 unspecified atom stereocenters. The molecule has 0 spiro atoms. The first-order valence-corrected chi connectivity index (χ1v) is 6.09. The van der Waals surface area contributed by atoms with Crippen LogP contribution in [0.1, 0.15) is 30.5 Å². The monoisotopic (exact) mass is 239 g/mol. The van der Waals surface area contributed by atoms with Gasteiger partial charge in [0, 0.05) is 18.7 Å². The first-order chi connectivity index (χ1) is 7.58. The molecule has 1 aromatic rings. The lowest BCUT2D eigenvalue weighted by Crippen LogP contribution is -2.20. The molecule has 1 aromatic heterocycles. The highest BCUT2D eigenvalue weighted by Gasteiger charge is 2.15. The summed E-state index contributed by atoms with van der Waals surface area (Å²) in [4.78, 5) is 0. The van der Waals surface area contributed by atoms with E-state index in [0.29, 0.717) is 0 Å². The molecule has 3 nitrogen and oxygen atoms in total. The van der Waals surface area contributed by atoms with Gasteiger partial charge in [-0.05, 0) is 32.6 Å². The molecule has 16 heavy (non-hydrogen) atoms. The molecule has 0 amide bonds. The number of rotatable bonds is 2. The van der Waals surface area contributed by atoms with E-state index in [9.17, 15) is 0 Å². The van der Waals surface area contributed by atoms with Gasteiger partial charge in [-0.25, -0.2) is 0 Å². The molecule has 1 atom stereocenters. The minimum Gasteiger partial charge on any atom is -0.324 e. The maximum atomic E-state index is 6.21. The molecule has 1 heterocycles. The summed E-state index contributed by atoms with van der Waals surface area (Å²) in [5.41, 5.74) is 9.49. The summed E-state index contributed by atoms with van der Waals surface area (Å²) in [6.07, 6.45) is 6.50. The van der Waals surface area contributed by atoms with Crippen molar-refractivity contribution in [3.8, 4) is 0 Å². The summed E-state index contributed by atoms with van der Waals surface area (Å²) in [5, 5.41) is 5.07. The van der Waals surface area contributed by atoms with Crippen molar-refractivity contribution in [3.63, 3.8) is 0 Å². The van der Waals surface area contributed by atoms with Crippen LogP contribution in [0.15, 0.2) is 11.6 Å². The number of hydrogen-bond acceptors (Lipinski definition) is 2. The number of allylic oxidation sites excluding steroid dienone is 1. The van der Waals surface area contributed by atoms with Gasteiger partial charge < -0.3 is 5.73 Å². The zero-order valence-corrected chi connectivity index (χ0v) is 10.6. The Morgan fingerprint density at radius 3 is 2.94 bits per heavy atom. The van der Waals surface area contributed by atoms with Crippen molar-refractivity contribution in [1.29, 1.82) is 0 Å². The molecule has 0 radical (unpaired) electrons. The number of halogens is 1. The normalized spacial score (nSPS) is 21.0. The highest BCUT2D eigenvalue weighted by atomic mass is 35.5. The minimum atomic E-state index is 0.222. The molecule has 4 heteroatoms. The third-order valence-electron chi connectivity index (χ3n) is 3.16. The summed E-state index contributed by atoms with van der Waals surface area (Å²) in [6.45, 7) is 2.00. The lowest BCUT2D eigenvalue weighted by atomic mass is 9.92. The highest BCUT2D eigenvalue weighted by Crippen LogP contribution is 2.26. The average molecular weight is 240 g/mol. The molecule has 0 bridgehead atoms. The quantitative estimate of drug-likeness (QED) is 0.806. The molecular formula is C12H18ClN3. The number of hydrogen-bond donors (Lipinski definition) is 1. The standard InChI is InChI=1S/C12H18ClN3/c1-8-11(12(13)16(2)15-8)7-9-4-3-5-10(14)6-9/h6,10H,3-5,7,14H2,1-2H3. The van der Waals surface area contributed by atoms with Crippen molar-refractivity contribution in [2.24, 2.45) is 12.8 Å². The van der Waals surface area contributed by atoms with E-state index in [0.717, 1.165) is 35.7 Å². The van der Waals surface area contributed by atoms with E-state index in [4.69, 9.17) is 17.3 Å². The van der Waals surface area contributed by atoms with E-state index in [1.54, 1.807) is 4.68 Å². The second kappa shape index (κ2) is 4.60. The molecule has 0 aliphatic heterocycles. The Morgan fingerprint density at radius 1 is 1.62 bits per heavy atom. The Bertz CT molecular complexity index is 420. The van der Waals surface area contributed by atoms with E-state index in [2.05, 4.69) is 11.2 Å². The van der Waals surface area contributed by atoms with Crippen molar-refractivity contribution < 1.29 is 0 Å². The van der Waals surface area contributed by atoms with Crippen molar-refractivity contribution in [2.45, 2.75) is 38.6 Å². The Labute approximate surface area is 101 Å². The molecule has 1 aliphatic rings. The van der Waals surface area contributed by atoms with Gasteiger partial charge >= 0.3 is 0 Å². The number of aryl methyl sites for hydroxylation is 2. The molecule has 0 saturated carbocycles. The average Bonchev–Trinajstić information content (AvgIpc) is 2.45. The number of nitrogens with two attached hydrogens (primary N) is 1. The lowest BCUT2D eigenvalue weighted by Gasteiger charge is -2.17. The lowest BCUT2D eigenvalue weighted by molar-refractivity contribution is 0.617. The van der Waals surface area contributed by atoms with Gasteiger partial charge in [-0.1, -0.05) is 23.3 Å². The van der Waals surface area contributed by atoms with Gasteiger partial charge in [0.05, 0.1) is 5.69 Å². The van der Waals surface area contributed by atoms with Crippen molar-refractivity contribution in [1.82, 2.24) is 9.78 Å². The molecule has 0 saturated heterocycles. The van der Waals surface area contributed by atoms with E-state index in [-0.39, 0.29) is 6.04 Å². The van der Waals surface area contributed by atoms with Crippen LogP contribution < -0.4 is 5.73 Å². The molecule has 2 rings (SSSR count). The molecule has 0 aromatic carbocycles. The summed E-state index contributed by atoms with van der Waals surface area (Å²) in [7, 11) is 1.87. The van der Waals surface area contributed by atoms with Crippen LogP contribution in [-0.4, -0.2) is 15.8 Å². The van der Waals surface area contributed by atoms with Crippen LogP contribution in [0, 0.1) is 6.92 Å². The maximum absolute atomic E-state index is 6.21. The Morgan fingerprint density at radius 2 is 2.38 bits per heavy atom. The largest absolute Gasteiger partial charge is 0.324 e. The van der Waals surface area contributed by atoms with Crippen molar-refractivity contribution >= 4 is 11.6 Å². The zero-order valence-electron chi connectivity index (χ0n) is 9.83. The Kier molecular flexibility index (Phi) is 3.36. The Balaban J connectivity index is 2.20. The van der Waals surface area contributed by atoms with Crippen LogP contribution in [0.4, 0.5) is 0 Å². The molecule has 88 valence electrons. The van der Waals surface area contributed by atoms with Crippen LogP contribution >= 0.6 is 11.6 Å². The van der Waals surface area contributed by atoms with Crippen LogP contribution in [0.2, 0.25) is 5.15 Å². The summed E-state index contributed by atoms with van der Waals surface area (Å²) >= 11 is 6.21. The van der Waals surface area contributed by atoms with Gasteiger partial charge in [-0.3, -0.25) is 4.68 Å². The van der Waals surface area contributed by atoms with E-state index < -0.39 is 0 Å². The topological polar surface area (TPSA) is 43.8 Å². The maximum Gasteiger partial charge on any atom is 0.130 e. The minimum absolute atomic E-state index is 0.222. The fourth-order valence-electron chi connectivity index (χ4n) is 2.28. The van der Waals surface area contributed by atoms with Gasteiger partial charge in [0.15, 0.2) is 0 Å². The van der Waals surface area contributed by atoms with Crippen LogP contribution in [0.5, 0.6) is 0 Å². The second-order valence-corrected chi connectivity index (χ2v) is 4.89. The fourth-order valence-corrected chi connectivity index (χ4v) is 2.52.